The SMILES string of the molecule is O=S(=O)(Nc1ncnc2scc(-c3ccc(F)cc3)c12)c1ccc2c(c1)OCCO2. The van der Waals surface area contributed by atoms with E-state index in [0.29, 0.717) is 34.9 Å². The lowest BCUT2D eigenvalue weighted by molar-refractivity contribution is 0.171. The zero-order valence-corrected chi connectivity index (χ0v) is 17.0. The molecule has 2 aromatic carbocycles. The summed E-state index contributed by atoms with van der Waals surface area (Å²) in [6.45, 7) is 0.771. The molecule has 30 heavy (non-hydrogen) atoms. The van der Waals surface area contributed by atoms with Crippen molar-refractivity contribution in [1.29, 1.82) is 0 Å². The molecular formula is C20H14FN3O4S2. The average Bonchev–Trinajstić information content (AvgIpc) is 3.19. The zero-order chi connectivity index (χ0) is 20.7. The van der Waals surface area contributed by atoms with Crippen molar-refractivity contribution in [2.24, 2.45) is 0 Å². The van der Waals surface area contributed by atoms with Crippen molar-refractivity contribution in [2.75, 3.05) is 17.9 Å². The number of anilines is 1. The van der Waals surface area contributed by atoms with Gasteiger partial charge in [0.2, 0.25) is 0 Å². The first kappa shape index (κ1) is 18.8. The second-order valence-electron chi connectivity index (χ2n) is 6.47. The van der Waals surface area contributed by atoms with E-state index in [1.165, 1.54) is 41.9 Å². The predicted octanol–water partition coefficient (Wildman–Crippen LogP) is 4.07. The van der Waals surface area contributed by atoms with Crippen molar-refractivity contribution in [3.8, 4) is 22.6 Å². The van der Waals surface area contributed by atoms with Crippen molar-refractivity contribution >= 4 is 37.4 Å². The summed E-state index contributed by atoms with van der Waals surface area (Å²) in [5.74, 6) is 0.671. The summed E-state index contributed by atoms with van der Waals surface area (Å²) in [7, 11) is -3.95. The van der Waals surface area contributed by atoms with Gasteiger partial charge < -0.3 is 9.47 Å². The molecule has 3 heterocycles. The Hall–Kier alpha value is -3.24. The first-order valence-corrected chi connectivity index (χ1v) is 11.3. The van der Waals surface area contributed by atoms with Crippen molar-refractivity contribution in [3.05, 3.63) is 60.0 Å². The maximum Gasteiger partial charge on any atom is 0.263 e. The number of halogens is 1. The molecule has 0 bridgehead atoms. The number of hydrogen-bond acceptors (Lipinski definition) is 7. The molecule has 0 unspecified atom stereocenters. The van der Waals surface area contributed by atoms with E-state index in [4.69, 9.17) is 9.47 Å². The van der Waals surface area contributed by atoms with E-state index in [2.05, 4.69) is 14.7 Å². The molecule has 1 aliphatic rings. The van der Waals surface area contributed by atoms with E-state index in [9.17, 15) is 12.8 Å². The number of rotatable bonds is 4. The summed E-state index contributed by atoms with van der Waals surface area (Å²) in [5, 5.41) is 2.39. The van der Waals surface area contributed by atoms with Crippen LogP contribution in [0.5, 0.6) is 11.5 Å². The quantitative estimate of drug-likeness (QED) is 0.511. The molecule has 1 N–H and O–H groups in total. The Morgan fingerprint density at radius 2 is 1.77 bits per heavy atom. The lowest BCUT2D eigenvalue weighted by Crippen LogP contribution is -2.17. The van der Waals surface area contributed by atoms with Gasteiger partial charge in [0.05, 0.1) is 10.3 Å². The molecule has 0 amide bonds. The first-order valence-electron chi connectivity index (χ1n) is 8.92. The number of fused-ring (bicyclic) bond motifs is 2. The zero-order valence-electron chi connectivity index (χ0n) is 15.3. The summed E-state index contributed by atoms with van der Waals surface area (Å²) in [5.41, 5.74) is 1.45. The van der Waals surface area contributed by atoms with E-state index in [1.807, 2.05) is 5.38 Å². The molecule has 7 nitrogen and oxygen atoms in total. The van der Waals surface area contributed by atoms with Gasteiger partial charge in [-0.15, -0.1) is 11.3 Å². The van der Waals surface area contributed by atoms with Crippen LogP contribution in [0, 0.1) is 5.82 Å². The number of aromatic nitrogens is 2. The second-order valence-corrected chi connectivity index (χ2v) is 9.01. The third-order valence-corrected chi connectivity index (χ3v) is 6.80. The fourth-order valence-corrected chi connectivity index (χ4v) is 5.12. The Morgan fingerprint density at radius 1 is 1.00 bits per heavy atom. The van der Waals surface area contributed by atoms with Crippen LogP contribution in [0.3, 0.4) is 0 Å². The van der Waals surface area contributed by atoms with Crippen molar-refractivity contribution in [1.82, 2.24) is 9.97 Å². The Kier molecular flexibility index (Phi) is 4.52. The van der Waals surface area contributed by atoms with Gasteiger partial charge in [-0.1, -0.05) is 12.1 Å². The van der Waals surface area contributed by atoms with Crippen molar-refractivity contribution < 1.29 is 22.3 Å². The summed E-state index contributed by atoms with van der Waals surface area (Å²) < 4.78 is 52.9. The molecule has 4 aromatic rings. The van der Waals surface area contributed by atoms with E-state index in [1.54, 1.807) is 18.2 Å². The van der Waals surface area contributed by atoms with Crippen LogP contribution in [0.1, 0.15) is 0 Å². The molecular weight excluding hydrogens is 429 g/mol. The molecule has 0 aliphatic carbocycles. The number of nitrogens with zero attached hydrogens (tertiary/aromatic N) is 2. The minimum Gasteiger partial charge on any atom is -0.486 e. The largest absolute Gasteiger partial charge is 0.486 e. The molecule has 152 valence electrons. The normalized spacial score (nSPS) is 13.4. The third kappa shape index (κ3) is 3.33. The lowest BCUT2D eigenvalue weighted by atomic mass is 10.1. The number of benzene rings is 2. The molecule has 0 radical (unpaired) electrons. The smallest absolute Gasteiger partial charge is 0.263 e. The number of thiophene rings is 1. The van der Waals surface area contributed by atoms with Crippen LogP contribution in [0.2, 0.25) is 0 Å². The van der Waals surface area contributed by atoms with Gasteiger partial charge in [0.25, 0.3) is 10.0 Å². The van der Waals surface area contributed by atoms with Gasteiger partial charge in [-0.25, -0.2) is 22.8 Å². The molecule has 10 heteroatoms. The van der Waals surface area contributed by atoms with Crippen LogP contribution >= 0.6 is 11.3 Å². The molecule has 1 aliphatic heterocycles. The van der Waals surface area contributed by atoms with Crippen LogP contribution in [0.15, 0.2) is 59.1 Å². The summed E-state index contributed by atoms with van der Waals surface area (Å²) >= 11 is 1.35. The molecule has 0 atom stereocenters. The second kappa shape index (κ2) is 7.22. The Bertz CT molecular complexity index is 1350. The summed E-state index contributed by atoms with van der Waals surface area (Å²) in [4.78, 5) is 9.02. The highest BCUT2D eigenvalue weighted by Gasteiger charge is 2.22. The standard InChI is InChI=1S/C20H14FN3O4S2/c21-13-3-1-12(2-4-13)15-10-29-20-18(15)19(22-11-23-20)24-30(25,26)14-5-6-16-17(9-14)28-8-7-27-16/h1-6,9-11H,7-8H2,(H,22,23,24). The number of ether oxygens (including phenoxy) is 2. The van der Waals surface area contributed by atoms with Gasteiger partial charge in [-0.2, -0.15) is 0 Å². The van der Waals surface area contributed by atoms with Crippen LogP contribution in [-0.4, -0.2) is 31.6 Å². The van der Waals surface area contributed by atoms with Gasteiger partial charge >= 0.3 is 0 Å². The highest BCUT2D eigenvalue weighted by atomic mass is 32.2. The van der Waals surface area contributed by atoms with Gasteiger partial charge in [-0.3, -0.25) is 4.72 Å². The molecule has 0 saturated carbocycles. The molecule has 0 spiro atoms. The average molecular weight is 443 g/mol. The number of hydrogen-bond donors (Lipinski definition) is 1. The Morgan fingerprint density at radius 3 is 2.57 bits per heavy atom. The van der Waals surface area contributed by atoms with E-state index in [0.717, 1.165) is 11.1 Å². The Labute approximate surface area is 175 Å². The first-order chi connectivity index (χ1) is 14.5. The van der Waals surface area contributed by atoms with Crippen LogP contribution in [-0.2, 0) is 10.0 Å². The van der Waals surface area contributed by atoms with Crippen LogP contribution < -0.4 is 14.2 Å². The van der Waals surface area contributed by atoms with Gasteiger partial charge in [0.15, 0.2) is 17.3 Å². The molecule has 0 saturated heterocycles. The van der Waals surface area contributed by atoms with E-state index < -0.39 is 10.0 Å². The van der Waals surface area contributed by atoms with E-state index >= 15 is 0 Å². The third-order valence-electron chi connectivity index (χ3n) is 4.58. The number of sulfonamides is 1. The number of nitrogens with one attached hydrogen (secondary N) is 1. The van der Waals surface area contributed by atoms with Gasteiger partial charge in [0, 0.05) is 17.0 Å². The summed E-state index contributed by atoms with van der Waals surface area (Å²) in [6, 6.07) is 10.4. The Balaban J connectivity index is 1.57. The summed E-state index contributed by atoms with van der Waals surface area (Å²) in [6.07, 6.45) is 1.30. The predicted molar refractivity (Wildman–Crippen MR) is 111 cm³/mol. The molecule has 0 fully saturated rings. The fourth-order valence-electron chi connectivity index (χ4n) is 3.17. The van der Waals surface area contributed by atoms with Gasteiger partial charge in [0.1, 0.15) is 30.2 Å². The van der Waals surface area contributed by atoms with Crippen molar-refractivity contribution in [2.45, 2.75) is 4.90 Å². The maximum atomic E-state index is 13.3. The van der Waals surface area contributed by atoms with Crippen LogP contribution in [0.4, 0.5) is 10.2 Å². The lowest BCUT2D eigenvalue weighted by Gasteiger charge is -2.19. The monoisotopic (exact) mass is 443 g/mol. The maximum absolute atomic E-state index is 13.3. The highest BCUT2D eigenvalue weighted by molar-refractivity contribution is 7.92. The van der Waals surface area contributed by atoms with Crippen LogP contribution in [0.25, 0.3) is 21.3 Å². The van der Waals surface area contributed by atoms with E-state index in [-0.39, 0.29) is 16.5 Å². The van der Waals surface area contributed by atoms with Gasteiger partial charge in [-0.05, 0) is 29.8 Å². The van der Waals surface area contributed by atoms with Crippen molar-refractivity contribution in [3.63, 3.8) is 0 Å². The molecule has 2 aromatic heterocycles. The highest BCUT2D eigenvalue weighted by Crippen LogP contribution is 2.38. The fraction of sp³-hybridized carbons (Fsp3) is 0.100. The molecule has 5 rings (SSSR count). The minimum absolute atomic E-state index is 0.0251. The topological polar surface area (TPSA) is 90.4 Å². The minimum atomic E-state index is -3.95.